The van der Waals surface area contributed by atoms with Crippen LogP contribution in [0.15, 0.2) is 36.5 Å². The highest BCUT2D eigenvalue weighted by Gasteiger charge is 2.33. The Morgan fingerprint density at radius 3 is 2.94 bits per heavy atom. The molecule has 3 heterocycles. The van der Waals surface area contributed by atoms with Gasteiger partial charge in [0.1, 0.15) is 5.82 Å². The molecule has 1 saturated heterocycles. The van der Waals surface area contributed by atoms with Gasteiger partial charge in [0.15, 0.2) is 0 Å². The van der Waals surface area contributed by atoms with E-state index < -0.39 is 0 Å². The predicted octanol–water partition coefficient (Wildman–Crippen LogP) is 3.70. The zero-order valence-electron chi connectivity index (χ0n) is 18.5. The summed E-state index contributed by atoms with van der Waals surface area (Å²) in [5.41, 5.74) is 3.97. The van der Waals surface area contributed by atoms with E-state index in [-0.39, 0.29) is 18.4 Å². The first kappa shape index (κ1) is 21.2. The van der Waals surface area contributed by atoms with Gasteiger partial charge in [0.2, 0.25) is 5.91 Å². The van der Waals surface area contributed by atoms with Gasteiger partial charge in [0.05, 0.1) is 31.1 Å². The first-order valence-electron chi connectivity index (χ1n) is 11.8. The number of aliphatic hydroxyl groups is 1. The molecule has 2 fully saturated rings. The zero-order valence-corrected chi connectivity index (χ0v) is 18.5. The average Bonchev–Trinajstić information content (AvgIpc) is 3.01. The fraction of sp³-hybridized carbons (Fsp3) is 0.520. The summed E-state index contributed by atoms with van der Waals surface area (Å²) in [5, 5.41) is 12.9. The van der Waals surface area contributed by atoms with Gasteiger partial charge in [-0.05, 0) is 49.4 Å². The Morgan fingerprint density at radius 1 is 1.22 bits per heavy atom. The molecule has 7 nitrogen and oxygen atoms in total. The van der Waals surface area contributed by atoms with Crippen LogP contribution >= 0.6 is 0 Å². The van der Waals surface area contributed by atoms with E-state index in [2.05, 4.69) is 33.4 Å². The van der Waals surface area contributed by atoms with Gasteiger partial charge in [-0.3, -0.25) is 4.79 Å². The molecule has 32 heavy (non-hydrogen) atoms. The van der Waals surface area contributed by atoms with Crippen LogP contribution in [0.4, 0.5) is 22.9 Å². The number of hydrogen-bond donors (Lipinski definition) is 2. The number of aliphatic hydroxyl groups excluding tert-OH is 1. The lowest BCUT2D eigenvalue weighted by molar-refractivity contribution is -0.124. The van der Waals surface area contributed by atoms with Gasteiger partial charge in [0, 0.05) is 43.1 Å². The summed E-state index contributed by atoms with van der Waals surface area (Å²) in [5.74, 6) is 1.43. The van der Waals surface area contributed by atoms with E-state index in [4.69, 9.17) is 4.74 Å². The fourth-order valence-corrected chi connectivity index (χ4v) is 5.31. The Labute approximate surface area is 189 Å². The van der Waals surface area contributed by atoms with Gasteiger partial charge >= 0.3 is 0 Å². The number of pyridine rings is 1. The molecule has 5 rings (SSSR count). The number of benzene rings is 1. The van der Waals surface area contributed by atoms with Crippen molar-refractivity contribution in [2.24, 2.45) is 11.8 Å². The maximum Gasteiger partial charge on any atom is 0.230 e. The van der Waals surface area contributed by atoms with Crippen molar-refractivity contribution in [3.05, 3.63) is 42.1 Å². The van der Waals surface area contributed by atoms with Crippen molar-refractivity contribution in [3.8, 4) is 0 Å². The molecule has 2 atom stereocenters. The van der Waals surface area contributed by atoms with E-state index in [0.29, 0.717) is 12.5 Å². The highest BCUT2D eigenvalue weighted by atomic mass is 16.5. The van der Waals surface area contributed by atoms with Gasteiger partial charge in [0.25, 0.3) is 0 Å². The minimum Gasteiger partial charge on any atom is -0.396 e. The molecular weight excluding hydrogens is 404 g/mol. The van der Waals surface area contributed by atoms with E-state index in [1.54, 1.807) is 6.20 Å². The Bertz CT molecular complexity index is 958. The number of carbonyl (C=O) groups is 1. The number of amides is 1. The molecule has 1 saturated carbocycles. The Morgan fingerprint density at radius 2 is 2.09 bits per heavy atom. The largest absolute Gasteiger partial charge is 0.396 e. The number of anilines is 4. The molecule has 170 valence electrons. The molecule has 0 unspecified atom stereocenters. The van der Waals surface area contributed by atoms with Gasteiger partial charge in [-0.2, -0.15) is 0 Å². The summed E-state index contributed by atoms with van der Waals surface area (Å²) >= 11 is 0. The lowest BCUT2D eigenvalue weighted by Gasteiger charge is -2.34. The molecular formula is C25H32N4O3. The number of rotatable bonds is 4. The third-order valence-electron chi connectivity index (χ3n) is 7.06. The van der Waals surface area contributed by atoms with Crippen LogP contribution in [0.1, 0.15) is 37.7 Å². The van der Waals surface area contributed by atoms with Crippen molar-refractivity contribution in [1.29, 1.82) is 0 Å². The van der Waals surface area contributed by atoms with Gasteiger partial charge in [-0.15, -0.1) is 0 Å². The van der Waals surface area contributed by atoms with Crippen molar-refractivity contribution in [1.82, 2.24) is 4.98 Å². The van der Waals surface area contributed by atoms with Gasteiger partial charge < -0.3 is 25.0 Å². The van der Waals surface area contributed by atoms with E-state index in [0.717, 1.165) is 86.9 Å². The number of fused-ring (bicyclic) bond motifs is 2. The summed E-state index contributed by atoms with van der Waals surface area (Å²) in [6.07, 6.45) is 6.51. The molecule has 2 aromatic rings. The van der Waals surface area contributed by atoms with Crippen LogP contribution in [0.3, 0.4) is 0 Å². The summed E-state index contributed by atoms with van der Waals surface area (Å²) in [7, 11) is 0. The standard InChI is InChI=1S/C25H32N4O3/c30-12-8-18-3-1-4-19(15-18)25(31)29-17-20-5-2-9-26-24(20)27-22-7-6-21(16-23(22)29)28-10-13-32-14-11-28/h2,5-7,9,16,18-19,30H,1,3-4,8,10-15,17H2,(H,26,27)/t18-,19-/m0/s1. The molecule has 1 amide bonds. The smallest absolute Gasteiger partial charge is 0.230 e. The summed E-state index contributed by atoms with van der Waals surface area (Å²) < 4.78 is 5.52. The number of ether oxygens (including phenoxy) is 1. The first-order valence-corrected chi connectivity index (χ1v) is 11.8. The molecule has 0 bridgehead atoms. The number of nitrogens with one attached hydrogen (secondary N) is 1. The first-order chi connectivity index (χ1) is 15.7. The number of carbonyl (C=O) groups excluding carboxylic acids is 1. The van der Waals surface area contributed by atoms with Crippen molar-refractivity contribution >= 4 is 28.8 Å². The molecule has 2 N–H and O–H groups in total. The molecule has 7 heteroatoms. The summed E-state index contributed by atoms with van der Waals surface area (Å²) in [6, 6.07) is 10.3. The average molecular weight is 437 g/mol. The summed E-state index contributed by atoms with van der Waals surface area (Å²) in [4.78, 5) is 22.7. The van der Waals surface area contributed by atoms with Crippen LogP contribution in [-0.4, -0.2) is 48.9 Å². The second-order valence-electron chi connectivity index (χ2n) is 9.10. The molecule has 0 radical (unpaired) electrons. The number of nitrogens with zero attached hydrogens (tertiary/aromatic N) is 3. The van der Waals surface area contributed by atoms with E-state index in [9.17, 15) is 9.90 Å². The molecule has 3 aliphatic rings. The minimum absolute atomic E-state index is 0.00147. The number of aromatic nitrogens is 1. The second-order valence-corrected chi connectivity index (χ2v) is 9.10. The topological polar surface area (TPSA) is 77.9 Å². The van der Waals surface area contributed by atoms with Crippen LogP contribution in [0.5, 0.6) is 0 Å². The van der Waals surface area contributed by atoms with Gasteiger partial charge in [-0.1, -0.05) is 18.9 Å². The third-order valence-corrected chi connectivity index (χ3v) is 7.06. The Balaban J connectivity index is 1.49. The molecule has 0 spiro atoms. The van der Waals surface area contributed by atoms with E-state index >= 15 is 0 Å². The van der Waals surface area contributed by atoms with Crippen LogP contribution in [0, 0.1) is 11.8 Å². The van der Waals surface area contributed by atoms with E-state index in [1.807, 2.05) is 17.0 Å². The molecule has 1 aromatic carbocycles. The Kier molecular flexibility index (Phi) is 6.28. The minimum atomic E-state index is -0.00147. The fourth-order valence-electron chi connectivity index (χ4n) is 5.31. The second kappa shape index (κ2) is 9.46. The quantitative estimate of drug-likeness (QED) is 0.761. The van der Waals surface area contributed by atoms with Crippen molar-refractivity contribution in [2.45, 2.75) is 38.6 Å². The van der Waals surface area contributed by atoms with Crippen LogP contribution in [0.2, 0.25) is 0 Å². The third kappa shape index (κ3) is 4.32. The number of hydrogen-bond acceptors (Lipinski definition) is 6. The monoisotopic (exact) mass is 436 g/mol. The van der Waals surface area contributed by atoms with Gasteiger partial charge in [-0.25, -0.2) is 4.98 Å². The lowest BCUT2D eigenvalue weighted by Crippen LogP contribution is -2.38. The van der Waals surface area contributed by atoms with Crippen molar-refractivity contribution in [3.63, 3.8) is 0 Å². The van der Waals surface area contributed by atoms with E-state index in [1.165, 1.54) is 0 Å². The maximum absolute atomic E-state index is 13.9. The molecule has 1 aromatic heterocycles. The van der Waals surface area contributed by atoms with Crippen LogP contribution < -0.4 is 15.1 Å². The van der Waals surface area contributed by atoms with Crippen LogP contribution in [-0.2, 0) is 16.1 Å². The zero-order chi connectivity index (χ0) is 21.9. The maximum atomic E-state index is 13.9. The SMILES string of the molecule is O=C([C@H]1CCC[C@@H](CCO)C1)N1Cc2cccnc2Nc2ccc(N3CCOCC3)cc21. The highest BCUT2D eigenvalue weighted by molar-refractivity contribution is 6.00. The van der Waals surface area contributed by atoms with Crippen molar-refractivity contribution in [2.75, 3.05) is 48.0 Å². The normalized spacial score (nSPS) is 23.0. The van der Waals surface area contributed by atoms with Crippen molar-refractivity contribution < 1.29 is 14.6 Å². The molecule has 2 aliphatic heterocycles. The predicted molar refractivity (Wildman–Crippen MR) is 125 cm³/mol. The lowest BCUT2D eigenvalue weighted by atomic mass is 9.79. The summed E-state index contributed by atoms with van der Waals surface area (Å²) in [6.45, 7) is 3.86. The van der Waals surface area contributed by atoms with Crippen LogP contribution in [0.25, 0.3) is 0 Å². The number of morpholine rings is 1. The molecule has 1 aliphatic carbocycles. The highest BCUT2D eigenvalue weighted by Crippen LogP contribution is 2.40. The Hall–Kier alpha value is -2.64.